The molecule has 142 valence electrons. The van der Waals surface area contributed by atoms with Gasteiger partial charge in [-0.05, 0) is 25.2 Å². The summed E-state index contributed by atoms with van der Waals surface area (Å²) in [6.45, 7) is 8.33. The smallest absolute Gasteiger partial charge is 0.227 e. The summed E-state index contributed by atoms with van der Waals surface area (Å²) in [4.78, 5) is 14.7. The second kappa shape index (κ2) is 7.29. The summed E-state index contributed by atoms with van der Waals surface area (Å²) >= 11 is 0. The average molecular weight is 359 g/mol. The third-order valence-electron chi connectivity index (χ3n) is 5.88. The van der Waals surface area contributed by atoms with E-state index in [0.717, 1.165) is 77.3 Å². The van der Waals surface area contributed by atoms with E-state index >= 15 is 0 Å². The zero-order valence-electron chi connectivity index (χ0n) is 15.5. The van der Waals surface area contributed by atoms with Crippen molar-refractivity contribution in [2.24, 2.45) is 5.92 Å². The van der Waals surface area contributed by atoms with Crippen molar-refractivity contribution in [3.63, 3.8) is 0 Å². The molecule has 1 aromatic rings. The summed E-state index contributed by atoms with van der Waals surface area (Å²) in [6.07, 6.45) is 4.73. The molecule has 3 aliphatic heterocycles. The lowest BCUT2D eigenvalue weighted by atomic mass is 10.0. The maximum atomic E-state index is 5.56. The Hall–Kier alpha value is -1.44. The van der Waals surface area contributed by atoms with Crippen LogP contribution in [-0.2, 0) is 22.4 Å². The van der Waals surface area contributed by atoms with E-state index in [9.17, 15) is 0 Å². The van der Waals surface area contributed by atoms with Crippen molar-refractivity contribution in [3.8, 4) is 0 Å². The lowest BCUT2D eigenvalue weighted by molar-refractivity contribution is 0.122. The molecular weight excluding hydrogens is 330 g/mol. The van der Waals surface area contributed by atoms with Crippen molar-refractivity contribution in [3.05, 3.63) is 11.3 Å². The quantitative estimate of drug-likeness (QED) is 0.850. The van der Waals surface area contributed by atoms with Gasteiger partial charge in [0.1, 0.15) is 5.82 Å². The van der Waals surface area contributed by atoms with Crippen molar-refractivity contribution in [1.82, 2.24) is 14.9 Å². The van der Waals surface area contributed by atoms with E-state index in [-0.39, 0.29) is 0 Å². The van der Waals surface area contributed by atoms with Crippen LogP contribution < -0.4 is 10.2 Å². The summed E-state index contributed by atoms with van der Waals surface area (Å²) in [5, 5.41) is 3.68. The number of anilines is 2. The van der Waals surface area contributed by atoms with Crippen LogP contribution in [0.4, 0.5) is 11.8 Å². The first-order valence-electron chi connectivity index (χ1n) is 10.1. The molecule has 3 fully saturated rings. The molecule has 4 heterocycles. The minimum Gasteiger partial charge on any atom is -0.381 e. The number of hydrogen-bond acceptors (Lipinski definition) is 7. The van der Waals surface area contributed by atoms with Gasteiger partial charge in [0.05, 0.1) is 25.5 Å². The fourth-order valence-corrected chi connectivity index (χ4v) is 4.15. The fourth-order valence-electron chi connectivity index (χ4n) is 4.15. The third-order valence-corrected chi connectivity index (χ3v) is 5.88. The highest BCUT2D eigenvalue weighted by Gasteiger charge is 2.29. The van der Waals surface area contributed by atoms with Crippen LogP contribution >= 0.6 is 0 Å². The van der Waals surface area contributed by atoms with Gasteiger partial charge in [-0.15, -0.1) is 0 Å². The molecule has 7 nitrogen and oxygen atoms in total. The fraction of sp³-hybridized carbons (Fsp3) is 0.789. The minimum absolute atomic E-state index is 0.602. The van der Waals surface area contributed by atoms with Gasteiger partial charge < -0.3 is 19.7 Å². The summed E-state index contributed by atoms with van der Waals surface area (Å²) in [7, 11) is 0. The molecule has 0 amide bonds. The largest absolute Gasteiger partial charge is 0.381 e. The van der Waals surface area contributed by atoms with Crippen LogP contribution in [0.1, 0.15) is 30.5 Å². The normalized spacial score (nSPS) is 26.8. The predicted molar refractivity (Wildman–Crippen MR) is 99.6 cm³/mol. The van der Waals surface area contributed by atoms with E-state index < -0.39 is 0 Å². The molecule has 1 aliphatic carbocycles. The molecule has 1 atom stereocenters. The molecule has 1 aromatic heterocycles. The highest BCUT2D eigenvalue weighted by molar-refractivity contribution is 5.53. The third kappa shape index (κ3) is 3.66. The molecule has 0 unspecified atom stereocenters. The molecule has 7 heteroatoms. The zero-order chi connectivity index (χ0) is 17.3. The van der Waals surface area contributed by atoms with Crippen molar-refractivity contribution >= 4 is 11.8 Å². The Morgan fingerprint density at radius 2 is 1.88 bits per heavy atom. The number of hydrogen-bond donors (Lipinski definition) is 1. The Balaban J connectivity index is 1.37. The van der Waals surface area contributed by atoms with Crippen LogP contribution in [0, 0.1) is 5.92 Å². The molecule has 0 aromatic carbocycles. The molecule has 2 saturated heterocycles. The summed E-state index contributed by atoms with van der Waals surface area (Å²) in [5.74, 6) is 2.64. The highest BCUT2D eigenvalue weighted by atomic mass is 16.5. The number of nitrogens with zero attached hydrogens (tertiary/aromatic N) is 4. The summed E-state index contributed by atoms with van der Waals surface area (Å²) in [5.41, 5.74) is 2.56. The number of fused-ring (bicyclic) bond motifs is 1. The Bertz CT molecular complexity index is 639. The molecule has 1 N–H and O–H groups in total. The topological polar surface area (TPSA) is 62.8 Å². The van der Waals surface area contributed by atoms with Crippen molar-refractivity contribution in [2.45, 2.75) is 38.3 Å². The Labute approximate surface area is 155 Å². The Morgan fingerprint density at radius 3 is 2.65 bits per heavy atom. The number of ether oxygens (including phenoxy) is 2. The standard InChI is InChI=1S/C19H29N5O2/c1-2-15(1)20-18-16-12-23(11-14-4-8-26-13-14)5-3-17(16)21-19(22-18)24-6-9-25-10-7-24/h14-15H,1-13H2,(H,20,21,22)/t14-/m1/s1. The molecule has 0 spiro atoms. The van der Waals surface area contributed by atoms with Gasteiger partial charge in [0.25, 0.3) is 0 Å². The average Bonchev–Trinajstić information content (AvgIpc) is 3.35. The number of nitrogens with one attached hydrogen (secondary N) is 1. The van der Waals surface area contributed by atoms with Crippen LogP contribution in [0.3, 0.4) is 0 Å². The van der Waals surface area contributed by atoms with Gasteiger partial charge in [-0.25, -0.2) is 4.98 Å². The molecule has 1 saturated carbocycles. The molecular formula is C19H29N5O2. The zero-order valence-corrected chi connectivity index (χ0v) is 15.5. The molecule has 26 heavy (non-hydrogen) atoms. The first-order chi connectivity index (χ1) is 12.8. The second-order valence-electron chi connectivity index (χ2n) is 8.03. The van der Waals surface area contributed by atoms with E-state index in [1.165, 1.54) is 30.5 Å². The second-order valence-corrected chi connectivity index (χ2v) is 8.03. The number of morpholine rings is 1. The van der Waals surface area contributed by atoms with Crippen molar-refractivity contribution in [2.75, 3.05) is 62.8 Å². The maximum Gasteiger partial charge on any atom is 0.227 e. The first-order valence-corrected chi connectivity index (χ1v) is 10.1. The lowest BCUT2D eigenvalue weighted by Crippen LogP contribution is -2.39. The van der Waals surface area contributed by atoms with Crippen LogP contribution in [0.5, 0.6) is 0 Å². The summed E-state index contributed by atoms with van der Waals surface area (Å²) in [6, 6.07) is 0.602. The van der Waals surface area contributed by atoms with Gasteiger partial charge in [0.15, 0.2) is 0 Å². The van der Waals surface area contributed by atoms with Crippen LogP contribution in [-0.4, -0.2) is 73.5 Å². The molecule has 4 aliphatic rings. The first kappa shape index (κ1) is 16.7. The van der Waals surface area contributed by atoms with Crippen molar-refractivity contribution < 1.29 is 9.47 Å². The van der Waals surface area contributed by atoms with Crippen LogP contribution in [0.15, 0.2) is 0 Å². The van der Waals surface area contributed by atoms with Crippen molar-refractivity contribution in [1.29, 1.82) is 0 Å². The Kier molecular flexibility index (Phi) is 4.69. The van der Waals surface area contributed by atoms with E-state index in [2.05, 4.69) is 15.1 Å². The summed E-state index contributed by atoms with van der Waals surface area (Å²) < 4.78 is 11.0. The predicted octanol–water partition coefficient (Wildman–Crippen LogP) is 1.28. The maximum absolute atomic E-state index is 5.56. The van der Waals surface area contributed by atoms with Crippen LogP contribution in [0.25, 0.3) is 0 Å². The van der Waals surface area contributed by atoms with Gasteiger partial charge in [-0.1, -0.05) is 0 Å². The van der Waals surface area contributed by atoms with Gasteiger partial charge >= 0.3 is 0 Å². The van der Waals surface area contributed by atoms with E-state index in [4.69, 9.17) is 19.4 Å². The van der Waals surface area contributed by atoms with E-state index in [1.54, 1.807) is 0 Å². The van der Waals surface area contributed by atoms with Gasteiger partial charge in [-0.3, -0.25) is 4.90 Å². The van der Waals surface area contributed by atoms with E-state index in [0.29, 0.717) is 12.0 Å². The van der Waals surface area contributed by atoms with Gasteiger partial charge in [0.2, 0.25) is 5.95 Å². The number of rotatable bonds is 5. The number of aromatic nitrogens is 2. The van der Waals surface area contributed by atoms with Gasteiger partial charge in [0, 0.05) is 57.4 Å². The lowest BCUT2D eigenvalue weighted by Gasteiger charge is -2.33. The Morgan fingerprint density at radius 1 is 1.00 bits per heavy atom. The molecule has 5 rings (SSSR count). The van der Waals surface area contributed by atoms with Gasteiger partial charge in [-0.2, -0.15) is 4.98 Å². The molecule has 0 bridgehead atoms. The SMILES string of the molecule is C1CN(c2nc3c(c(NC4CC4)n2)CN(C[C@H]2CCOC2)CC3)CCO1. The van der Waals surface area contributed by atoms with Crippen LogP contribution in [0.2, 0.25) is 0 Å². The monoisotopic (exact) mass is 359 g/mol. The highest BCUT2D eigenvalue weighted by Crippen LogP contribution is 2.31. The van der Waals surface area contributed by atoms with E-state index in [1.807, 2.05) is 0 Å². The molecule has 0 radical (unpaired) electrons. The minimum atomic E-state index is 0.602.